The van der Waals surface area contributed by atoms with Crippen LogP contribution in [0.1, 0.15) is 46.0 Å². The first-order valence-electron chi connectivity index (χ1n) is 7.61. The van der Waals surface area contributed by atoms with Gasteiger partial charge in [-0.15, -0.1) is 0 Å². The fourth-order valence-corrected chi connectivity index (χ4v) is 3.53. The maximum atomic E-state index is 4.70. The standard InChI is InChI=1S/C15H27BrN4/c1-6-12-14(16)13(20(7-2)18-12)9-19-10-15(4,5)17-8-11(19)3/h11,17H,6-10H2,1-5H3. The number of hydrogen-bond acceptors (Lipinski definition) is 3. The zero-order valence-corrected chi connectivity index (χ0v) is 14.9. The Morgan fingerprint density at radius 2 is 2.10 bits per heavy atom. The lowest BCUT2D eigenvalue weighted by molar-refractivity contribution is 0.0948. The second-order valence-corrected chi connectivity index (χ2v) is 7.19. The van der Waals surface area contributed by atoms with Gasteiger partial charge in [0.05, 0.1) is 15.9 Å². The predicted molar refractivity (Wildman–Crippen MR) is 86.9 cm³/mol. The van der Waals surface area contributed by atoms with Crippen molar-refractivity contribution in [1.82, 2.24) is 20.0 Å². The largest absolute Gasteiger partial charge is 0.309 e. The van der Waals surface area contributed by atoms with E-state index in [9.17, 15) is 0 Å². The van der Waals surface area contributed by atoms with Gasteiger partial charge in [0.2, 0.25) is 0 Å². The maximum absolute atomic E-state index is 4.70. The van der Waals surface area contributed by atoms with E-state index in [1.54, 1.807) is 0 Å². The molecule has 4 nitrogen and oxygen atoms in total. The molecule has 0 radical (unpaired) electrons. The normalized spacial score (nSPS) is 23.2. The molecule has 1 aromatic rings. The summed E-state index contributed by atoms with van der Waals surface area (Å²) < 4.78 is 3.34. The quantitative estimate of drug-likeness (QED) is 0.913. The highest BCUT2D eigenvalue weighted by molar-refractivity contribution is 9.10. The lowest BCUT2D eigenvalue weighted by atomic mass is 9.99. The molecule has 1 saturated heterocycles. The number of halogens is 1. The molecule has 1 unspecified atom stereocenters. The molecule has 2 rings (SSSR count). The van der Waals surface area contributed by atoms with Crippen LogP contribution in [0.4, 0.5) is 0 Å². The second-order valence-electron chi connectivity index (χ2n) is 6.40. The molecule has 1 atom stereocenters. The lowest BCUT2D eigenvalue weighted by Crippen LogP contribution is -2.60. The molecular weight excluding hydrogens is 316 g/mol. The smallest absolute Gasteiger partial charge is 0.0767 e. The molecule has 1 aromatic heterocycles. The average Bonchev–Trinajstić information content (AvgIpc) is 2.70. The van der Waals surface area contributed by atoms with E-state index in [1.165, 1.54) is 15.9 Å². The van der Waals surface area contributed by atoms with Crippen molar-refractivity contribution in [3.05, 3.63) is 15.9 Å². The summed E-state index contributed by atoms with van der Waals surface area (Å²) in [4.78, 5) is 2.56. The fourth-order valence-electron chi connectivity index (χ4n) is 2.85. The highest BCUT2D eigenvalue weighted by Crippen LogP contribution is 2.26. The molecule has 1 aliphatic rings. The highest BCUT2D eigenvalue weighted by atomic mass is 79.9. The van der Waals surface area contributed by atoms with Crippen LogP contribution in [0.2, 0.25) is 0 Å². The van der Waals surface area contributed by atoms with E-state index < -0.39 is 0 Å². The van der Waals surface area contributed by atoms with Crippen LogP contribution < -0.4 is 5.32 Å². The van der Waals surface area contributed by atoms with Gasteiger partial charge in [-0.25, -0.2) is 0 Å². The van der Waals surface area contributed by atoms with Gasteiger partial charge in [-0.3, -0.25) is 9.58 Å². The third kappa shape index (κ3) is 3.26. The number of aryl methyl sites for hydroxylation is 2. The van der Waals surface area contributed by atoms with Gasteiger partial charge in [-0.05, 0) is 50.0 Å². The van der Waals surface area contributed by atoms with E-state index in [4.69, 9.17) is 5.10 Å². The average molecular weight is 343 g/mol. The molecule has 0 aromatic carbocycles. The molecule has 0 aliphatic carbocycles. The maximum Gasteiger partial charge on any atom is 0.0767 e. The van der Waals surface area contributed by atoms with Crippen molar-refractivity contribution in [2.75, 3.05) is 13.1 Å². The van der Waals surface area contributed by atoms with Crippen LogP contribution >= 0.6 is 15.9 Å². The molecule has 1 fully saturated rings. The Balaban J connectivity index is 2.22. The van der Waals surface area contributed by atoms with Crippen molar-refractivity contribution in [3.8, 4) is 0 Å². The number of aromatic nitrogens is 2. The first-order chi connectivity index (χ1) is 9.38. The summed E-state index contributed by atoms with van der Waals surface area (Å²) in [5.74, 6) is 0. The van der Waals surface area contributed by atoms with Crippen LogP contribution in [0.3, 0.4) is 0 Å². The summed E-state index contributed by atoms with van der Waals surface area (Å²) in [5.41, 5.74) is 2.67. The minimum atomic E-state index is 0.184. The Bertz CT molecular complexity index is 467. The molecular formula is C15H27BrN4. The molecule has 0 amide bonds. The Morgan fingerprint density at radius 3 is 2.70 bits per heavy atom. The van der Waals surface area contributed by atoms with Crippen LogP contribution in [0.5, 0.6) is 0 Å². The van der Waals surface area contributed by atoms with Crippen molar-refractivity contribution >= 4 is 15.9 Å². The number of rotatable bonds is 4. The van der Waals surface area contributed by atoms with Crippen LogP contribution in [0, 0.1) is 0 Å². The number of hydrogen-bond donors (Lipinski definition) is 1. The molecule has 20 heavy (non-hydrogen) atoms. The van der Waals surface area contributed by atoms with E-state index in [0.717, 1.165) is 32.6 Å². The number of piperazine rings is 1. The third-order valence-electron chi connectivity index (χ3n) is 4.14. The van der Waals surface area contributed by atoms with Crippen molar-refractivity contribution in [1.29, 1.82) is 0 Å². The van der Waals surface area contributed by atoms with Gasteiger partial charge in [-0.1, -0.05) is 6.92 Å². The minimum absolute atomic E-state index is 0.184. The molecule has 0 saturated carbocycles. The van der Waals surface area contributed by atoms with Crippen LogP contribution in [-0.4, -0.2) is 39.4 Å². The van der Waals surface area contributed by atoms with Crippen molar-refractivity contribution in [2.24, 2.45) is 0 Å². The van der Waals surface area contributed by atoms with E-state index in [0.29, 0.717) is 6.04 Å². The van der Waals surface area contributed by atoms with Gasteiger partial charge >= 0.3 is 0 Å². The highest BCUT2D eigenvalue weighted by Gasteiger charge is 2.31. The Morgan fingerprint density at radius 1 is 1.40 bits per heavy atom. The molecule has 1 N–H and O–H groups in total. The monoisotopic (exact) mass is 342 g/mol. The van der Waals surface area contributed by atoms with E-state index in [2.05, 4.69) is 65.4 Å². The van der Waals surface area contributed by atoms with Crippen LogP contribution in [0.25, 0.3) is 0 Å². The van der Waals surface area contributed by atoms with Crippen molar-refractivity contribution < 1.29 is 0 Å². The summed E-state index contributed by atoms with van der Waals surface area (Å²) in [6.45, 7) is 15.2. The van der Waals surface area contributed by atoms with Gasteiger partial charge in [0, 0.05) is 37.8 Å². The van der Waals surface area contributed by atoms with Gasteiger partial charge in [0.15, 0.2) is 0 Å². The Labute approximate surface area is 131 Å². The van der Waals surface area contributed by atoms with E-state index >= 15 is 0 Å². The van der Waals surface area contributed by atoms with Gasteiger partial charge in [0.1, 0.15) is 0 Å². The Kier molecular flexibility index (Phi) is 4.92. The SMILES string of the molecule is CCc1nn(CC)c(CN2CC(C)(C)NCC2C)c1Br. The lowest BCUT2D eigenvalue weighted by Gasteiger charge is -2.43. The minimum Gasteiger partial charge on any atom is -0.309 e. The predicted octanol–water partition coefficient (Wildman–Crippen LogP) is 2.80. The second kappa shape index (κ2) is 6.16. The fraction of sp³-hybridized carbons (Fsp3) is 0.800. The van der Waals surface area contributed by atoms with Gasteiger partial charge in [-0.2, -0.15) is 5.10 Å². The topological polar surface area (TPSA) is 33.1 Å². The summed E-state index contributed by atoms with van der Waals surface area (Å²) in [7, 11) is 0. The number of nitrogens with zero attached hydrogens (tertiary/aromatic N) is 3. The van der Waals surface area contributed by atoms with Gasteiger partial charge in [0.25, 0.3) is 0 Å². The molecule has 5 heteroatoms. The van der Waals surface area contributed by atoms with Crippen LogP contribution in [-0.2, 0) is 19.5 Å². The van der Waals surface area contributed by atoms with Crippen molar-refractivity contribution in [2.45, 2.75) is 65.7 Å². The third-order valence-corrected chi connectivity index (χ3v) is 5.06. The van der Waals surface area contributed by atoms with E-state index in [-0.39, 0.29) is 5.54 Å². The molecule has 0 bridgehead atoms. The zero-order valence-electron chi connectivity index (χ0n) is 13.3. The summed E-state index contributed by atoms with van der Waals surface area (Å²) >= 11 is 3.75. The molecule has 2 heterocycles. The molecule has 1 aliphatic heterocycles. The summed E-state index contributed by atoms with van der Waals surface area (Å²) in [6.07, 6.45) is 0.975. The molecule has 114 valence electrons. The Hall–Kier alpha value is -0.390. The zero-order chi connectivity index (χ0) is 14.9. The molecule has 0 spiro atoms. The van der Waals surface area contributed by atoms with E-state index in [1.807, 2.05) is 0 Å². The van der Waals surface area contributed by atoms with Crippen LogP contribution in [0.15, 0.2) is 4.47 Å². The van der Waals surface area contributed by atoms with Crippen molar-refractivity contribution in [3.63, 3.8) is 0 Å². The summed E-state index contributed by atoms with van der Waals surface area (Å²) in [6, 6.07) is 0.556. The first kappa shape index (κ1) is 16.0. The first-order valence-corrected chi connectivity index (χ1v) is 8.40. The van der Waals surface area contributed by atoms with Gasteiger partial charge < -0.3 is 5.32 Å². The number of nitrogens with one attached hydrogen (secondary N) is 1. The summed E-state index contributed by atoms with van der Waals surface area (Å²) in [5, 5.41) is 8.31.